The van der Waals surface area contributed by atoms with E-state index in [1.165, 1.54) is 18.2 Å². The van der Waals surface area contributed by atoms with E-state index in [0.717, 1.165) is 16.3 Å². The van der Waals surface area contributed by atoms with Crippen LogP contribution in [0.2, 0.25) is 0 Å². The second-order valence-corrected chi connectivity index (χ2v) is 8.87. The maximum atomic E-state index is 11.2. The molecular weight excluding hydrogens is 463 g/mol. The van der Waals surface area contributed by atoms with E-state index in [1.54, 1.807) is 31.2 Å². The molecule has 0 amide bonds. The summed E-state index contributed by atoms with van der Waals surface area (Å²) in [5.41, 5.74) is 3.46. The van der Waals surface area contributed by atoms with E-state index in [1.807, 2.05) is 37.3 Å². The largest absolute Gasteiger partial charge is 1.00 e. The van der Waals surface area contributed by atoms with Crippen LogP contribution in [-0.2, 0) is 10.1 Å². The molecule has 0 heterocycles. The molecular formula is C24H20N4NaO4S+. The minimum absolute atomic E-state index is 0. The van der Waals surface area contributed by atoms with Gasteiger partial charge < -0.3 is 5.11 Å². The molecule has 0 aliphatic carbocycles. The zero-order valence-corrected chi connectivity index (χ0v) is 21.7. The van der Waals surface area contributed by atoms with Crippen molar-refractivity contribution >= 4 is 43.6 Å². The topological polar surface area (TPSA) is 124 Å². The van der Waals surface area contributed by atoms with Crippen LogP contribution in [0.3, 0.4) is 0 Å². The van der Waals surface area contributed by atoms with Crippen molar-refractivity contribution in [3.63, 3.8) is 0 Å². The molecule has 2 N–H and O–H groups in total. The monoisotopic (exact) mass is 483 g/mol. The van der Waals surface area contributed by atoms with Crippen LogP contribution < -0.4 is 29.6 Å². The fourth-order valence-corrected chi connectivity index (χ4v) is 3.84. The first-order valence-electron chi connectivity index (χ1n) is 9.95. The van der Waals surface area contributed by atoms with Crippen molar-refractivity contribution in [1.82, 2.24) is 0 Å². The number of hydrogen-bond donors (Lipinski definition) is 2. The summed E-state index contributed by atoms with van der Waals surface area (Å²) in [6.07, 6.45) is 0. The van der Waals surface area contributed by atoms with E-state index in [0.29, 0.717) is 28.3 Å². The van der Waals surface area contributed by atoms with E-state index in [2.05, 4.69) is 20.5 Å². The fourth-order valence-electron chi connectivity index (χ4n) is 3.28. The van der Waals surface area contributed by atoms with Crippen molar-refractivity contribution in [3.05, 3.63) is 83.9 Å². The average Bonchev–Trinajstić information content (AvgIpc) is 2.78. The quantitative estimate of drug-likeness (QED) is 0.250. The summed E-state index contributed by atoms with van der Waals surface area (Å²) in [5, 5.41) is 29.0. The van der Waals surface area contributed by atoms with E-state index in [4.69, 9.17) is 4.55 Å². The zero-order valence-electron chi connectivity index (χ0n) is 18.8. The van der Waals surface area contributed by atoms with Crippen molar-refractivity contribution in [3.8, 4) is 5.75 Å². The Morgan fingerprint density at radius 1 is 0.735 bits per heavy atom. The van der Waals surface area contributed by atoms with E-state index in [-0.39, 0.29) is 40.2 Å². The Hall–Kier alpha value is -2.95. The second kappa shape index (κ2) is 10.5. The van der Waals surface area contributed by atoms with Crippen molar-refractivity contribution in [2.75, 3.05) is 0 Å². The van der Waals surface area contributed by atoms with Gasteiger partial charge in [0.25, 0.3) is 10.1 Å². The van der Waals surface area contributed by atoms with Crippen LogP contribution in [0.1, 0.15) is 11.1 Å². The molecule has 0 aliphatic heterocycles. The molecule has 0 spiro atoms. The molecule has 0 atom stereocenters. The molecule has 8 nitrogen and oxygen atoms in total. The summed E-state index contributed by atoms with van der Waals surface area (Å²) in [6.45, 7) is 3.54. The molecule has 0 saturated carbocycles. The molecule has 0 bridgehead atoms. The molecule has 4 rings (SSSR count). The Bertz CT molecular complexity index is 1540. The average molecular weight is 484 g/mol. The van der Waals surface area contributed by atoms with Crippen molar-refractivity contribution in [2.24, 2.45) is 20.5 Å². The van der Waals surface area contributed by atoms with Crippen LogP contribution in [0.25, 0.3) is 10.8 Å². The molecule has 0 aromatic heterocycles. The number of azo groups is 2. The molecule has 4 aromatic carbocycles. The number of phenols is 1. The Morgan fingerprint density at radius 2 is 1.38 bits per heavy atom. The molecule has 0 radical (unpaired) electrons. The molecule has 34 heavy (non-hydrogen) atoms. The molecule has 0 aliphatic rings. The van der Waals surface area contributed by atoms with Gasteiger partial charge in [-0.25, -0.2) is 0 Å². The first-order valence-corrected chi connectivity index (χ1v) is 11.4. The van der Waals surface area contributed by atoms with Crippen LogP contribution in [0.4, 0.5) is 22.7 Å². The molecule has 0 fully saturated rings. The summed E-state index contributed by atoms with van der Waals surface area (Å²) < 4.78 is 31.6. The van der Waals surface area contributed by atoms with E-state index in [9.17, 15) is 13.5 Å². The third-order valence-electron chi connectivity index (χ3n) is 5.06. The van der Waals surface area contributed by atoms with Crippen molar-refractivity contribution < 1.29 is 47.6 Å². The summed E-state index contributed by atoms with van der Waals surface area (Å²) in [6, 6.07) is 20.4. The van der Waals surface area contributed by atoms with Gasteiger partial charge in [0.1, 0.15) is 11.4 Å². The number of fused-ring (bicyclic) bond motifs is 1. The van der Waals surface area contributed by atoms with Crippen molar-refractivity contribution in [1.29, 1.82) is 0 Å². The number of phenolic OH excluding ortho intramolecular Hbond substituents is 1. The number of hydrogen-bond acceptors (Lipinski definition) is 7. The second-order valence-electron chi connectivity index (χ2n) is 7.45. The van der Waals surface area contributed by atoms with Gasteiger partial charge in [-0.1, -0.05) is 30.3 Å². The number of benzene rings is 4. The van der Waals surface area contributed by atoms with Crippen LogP contribution in [0.15, 0.2) is 98.1 Å². The van der Waals surface area contributed by atoms with Crippen molar-refractivity contribution in [2.45, 2.75) is 18.7 Å². The van der Waals surface area contributed by atoms with Gasteiger partial charge in [-0.05, 0) is 72.8 Å². The molecule has 166 valence electrons. The van der Waals surface area contributed by atoms with Gasteiger partial charge in [0.15, 0.2) is 0 Å². The Kier molecular flexibility index (Phi) is 7.96. The Balaban J connectivity index is 0.00000324. The number of aromatic hydroxyl groups is 1. The maximum absolute atomic E-state index is 11.2. The van der Waals surface area contributed by atoms with Gasteiger partial charge in [-0.15, -0.1) is 5.11 Å². The number of aryl methyl sites for hydroxylation is 2. The Labute approximate surface area is 219 Å². The summed E-state index contributed by atoms with van der Waals surface area (Å²) in [4.78, 5) is -0.193. The van der Waals surface area contributed by atoms with Gasteiger partial charge in [0.2, 0.25) is 0 Å². The first-order chi connectivity index (χ1) is 15.7. The van der Waals surface area contributed by atoms with Crippen LogP contribution in [0, 0.1) is 13.8 Å². The minimum atomic E-state index is -4.27. The van der Waals surface area contributed by atoms with E-state index < -0.39 is 10.1 Å². The van der Waals surface area contributed by atoms with Gasteiger partial charge >= 0.3 is 29.6 Å². The third-order valence-corrected chi connectivity index (χ3v) is 5.91. The molecule has 10 heteroatoms. The normalized spacial score (nSPS) is 11.9. The molecule has 0 unspecified atom stereocenters. The predicted molar refractivity (Wildman–Crippen MR) is 126 cm³/mol. The van der Waals surface area contributed by atoms with Gasteiger partial charge in [0.05, 0.1) is 22.0 Å². The van der Waals surface area contributed by atoms with Crippen LogP contribution in [-0.4, -0.2) is 18.1 Å². The SMILES string of the molecule is Cc1cc(S(=O)(=O)O)ccc1N=Nc1ccc(N=Nc2c(O)ccc3ccccc23)c(C)c1.[Na+]. The molecule has 4 aromatic rings. The minimum Gasteiger partial charge on any atom is -0.506 e. The van der Waals surface area contributed by atoms with Crippen LogP contribution in [0.5, 0.6) is 5.75 Å². The number of nitrogens with zero attached hydrogens (tertiary/aromatic N) is 4. The van der Waals surface area contributed by atoms with Gasteiger partial charge in [0, 0.05) is 5.39 Å². The predicted octanol–water partition coefficient (Wildman–Crippen LogP) is 4.24. The summed E-state index contributed by atoms with van der Waals surface area (Å²) >= 11 is 0. The van der Waals surface area contributed by atoms with Crippen LogP contribution >= 0.6 is 0 Å². The van der Waals surface area contributed by atoms with E-state index >= 15 is 0 Å². The first kappa shape index (κ1) is 25.7. The zero-order chi connectivity index (χ0) is 23.6. The fraction of sp³-hybridized carbons (Fsp3) is 0.0833. The number of rotatable bonds is 5. The maximum Gasteiger partial charge on any atom is 1.00 e. The van der Waals surface area contributed by atoms with Gasteiger partial charge in [-0.3, -0.25) is 4.55 Å². The summed E-state index contributed by atoms with van der Waals surface area (Å²) in [7, 11) is -4.27. The third kappa shape index (κ3) is 5.75. The standard InChI is InChI=1S/C24H20N4O4S.Na/c1-15-13-18(25-26-22-11-9-19(14-16(22)2)33(30,31)32)8-10-21(15)27-28-24-20-6-4-3-5-17(20)7-12-23(24)29;/h3-14,29H,1-2H3,(H,30,31,32);/q;+1. The van der Waals surface area contributed by atoms with Gasteiger partial charge in [-0.2, -0.15) is 23.8 Å². The Morgan fingerprint density at radius 3 is 2.06 bits per heavy atom. The summed E-state index contributed by atoms with van der Waals surface area (Å²) in [5.74, 6) is 0.0518. The smallest absolute Gasteiger partial charge is 0.506 e. The molecule has 0 saturated heterocycles.